The van der Waals surface area contributed by atoms with E-state index in [-0.39, 0.29) is 0 Å². The van der Waals surface area contributed by atoms with Crippen molar-refractivity contribution in [1.29, 1.82) is 0 Å². The standard InChI is InChI=1S/C12H15NO3/c1-15-11-7-5-10(6-8-11)12(14)4-3-9-13-16-2/h3-9,12,14H,1-2H3/b4-3+,13-9+. The normalized spacial score (nSPS) is 13.2. The Hall–Kier alpha value is -1.81. The zero-order valence-electron chi connectivity index (χ0n) is 9.33. The molecule has 0 amide bonds. The Morgan fingerprint density at radius 1 is 1.25 bits per heavy atom. The lowest BCUT2D eigenvalue weighted by atomic mass is 10.1. The quantitative estimate of drug-likeness (QED) is 0.610. The fourth-order valence-electron chi connectivity index (χ4n) is 1.16. The Morgan fingerprint density at radius 2 is 1.94 bits per heavy atom. The molecule has 16 heavy (non-hydrogen) atoms. The SMILES string of the molecule is CO/N=C/C=C/C(O)c1ccc(OC)cc1. The minimum atomic E-state index is -0.658. The van der Waals surface area contributed by atoms with Gasteiger partial charge in [-0.3, -0.25) is 0 Å². The Bertz CT molecular complexity index is 357. The lowest BCUT2D eigenvalue weighted by Crippen LogP contribution is -1.93. The van der Waals surface area contributed by atoms with Gasteiger partial charge >= 0.3 is 0 Å². The number of hydrogen-bond acceptors (Lipinski definition) is 4. The van der Waals surface area contributed by atoms with Gasteiger partial charge in [-0.2, -0.15) is 0 Å². The van der Waals surface area contributed by atoms with Crippen molar-refractivity contribution in [1.82, 2.24) is 0 Å². The summed E-state index contributed by atoms with van der Waals surface area (Å²) in [7, 11) is 3.07. The minimum absolute atomic E-state index is 0.658. The highest BCUT2D eigenvalue weighted by Gasteiger charge is 2.02. The summed E-state index contributed by atoms with van der Waals surface area (Å²) in [6.07, 6.45) is 4.05. The second kappa shape index (κ2) is 6.63. The van der Waals surface area contributed by atoms with E-state index in [0.717, 1.165) is 11.3 Å². The van der Waals surface area contributed by atoms with Gasteiger partial charge in [0.1, 0.15) is 12.9 Å². The molecular weight excluding hydrogens is 206 g/mol. The maximum atomic E-state index is 9.75. The van der Waals surface area contributed by atoms with Crippen LogP contribution in [0.15, 0.2) is 41.6 Å². The zero-order valence-corrected chi connectivity index (χ0v) is 9.33. The number of hydrogen-bond donors (Lipinski definition) is 1. The molecular formula is C12H15NO3. The molecule has 1 aromatic carbocycles. The van der Waals surface area contributed by atoms with Crippen LogP contribution in [0.3, 0.4) is 0 Å². The van der Waals surface area contributed by atoms with E-state index >= 15 is 0 Å². The first kappa shape index (κ1) is 12.3. The minimum Gasteiger partial charge on any atom is -0.497 e. The van der Waals surface area contributed by atoms with Gasteiger partial charge < -0.3 is 14.7 Å². The fourth-order valence-corrected chi connectivity index (χ4v) is 1.16. The molecule has 0 aliphatic rings. The molecule has 0 aromatic heterocycles. The van der Waals surface area contributed by atoms with E-state index < -0.39 is 6.10 Å². The number of benzene rings is 1. The van der Waals surface area contributed by atoms with E-state index in [1.54, 1.807) is 43.5 Å². The molecule has 4 nitrogen and oxygen atoms in total. The molecule has 1 aromatic rings. The molecule has 4 heteroatoms. The van der Waals surface area contributed by atoms with E-state index in [9.17, 15) is 5.11 Å². The summed E-state index contributed by atoms with van der Waals surface area (Å²) in [5.74, 6) is 0.765. The molecule has 86 valence electrons. The van der Waals surface area contributed by atoms with Crippen LogP contribution in [0, 0.1) is 0 Å². The second-order valence-corrected chi connectivity index (χ2v) is 3.04. The van der Waals surface area contributed by atoms with Crippen LogP contribution in [-0.4, -0.2) is 25.5 Å². The maximum absolute atomic E-state index is 9.75. The number of aliphatic hydroxyl groups is 1. The van der Waals surface area contributed by atoms with Gasteiger partial charge in [0, 0.05) is 0 Å². The molecule has 0 aliphatic carbocycles. The summed E-state index contributed by atoms with van der Waals surface area (Å²) >= 11 is 0. The van der Waals surface area contributed by atoms with E-state index in [2.05, 4.69) is 9.99 Å². The molecule has 1 atom stereocenters. The van der Waals surface area contributed by atoms with Crippen LogP contribution in [0.5, 0.6) is 5.75 Å². The highest BCUT2D eigenvalue weighted by molar-refractivity contribution is 5.70. The topological polar surface area (TPSA) is 51.0 Å². The molecule has 0 heterocycles. The summed E-state index contributed by atoms with van der Waals surface area (Å²) in [5.41, 5.74) is 0.794. The number of ether oxygens (including phenoxy) is 1. The maximum Gasteiger partial charge on any atom is 0.118 e. The van der Waals surface area contributed by atoms with E-state index in [4.69, 9.17) is 4.74 Å². The zero-order chi connectivity index (χ0) is 11.8. The van der Waals surface area contributed by atoms with Crippen molar-refractivity contribution in [2.24, 2.45) is 5.16 Å². The summed E-state index contributed by atoms with van der Waals surface area (Å²) in [6.45, 7) is 0. The average Bonchev–Trinajstić information content (AvgIpc) is 2.34. The first-order valence-corrected chi connectivity index (χ1v) is 4.83. The molecule has 0 saturated carbocycles. The Balaban J connectivity index is 2.61. The molecule has 0 bridgehead atoms. The third-order valence-electron chi connectivity index (χ3n) is 2.00. The van der Waals surface area contributed by atoms with Gasteiger partial charge in [-0.1, -0.05) is 23.4 Å². The fraction of sp³-hybridized carbons (Fsp3) is 0.250. The smallest absolute Gasteiger partial charge is 0.118 e. The van der Waals surface area contributed by atoms with E-state index in [1.165, 1.54) is 13.3 Å². The van der Waals surface area contributed by atoms with Crippen LogP contribution in [-0.2, 0) is 4.84 Å². The van der Waals surface area contributed by atoms with Crippen LogP contribution in [0.1, 0.15) is 11.7 Å². The van der Waals surface area contributed by atoms with Crippen molar-refractivity contribution in [3.8, 4) is 5.75 Å². The summed E-state index contributed by atoms with van der Waals surface area (Å²) in [6, 6.07) is 7.22. The van der Waals surface area contributed by atoms with Gasteiger partial charge in [0.05, 0.1) is 19.4 Å². The first-order chi connectivity index (χ1) is 7.77. The van der Waals surface area contributed by atoms with Gasteiger partial charge in [-0.15, -0.1) is 0 Å². The predicted molar refractivity (Wildman–Crippen MR) is 62.6 cm³/mol. The number of rotatable bonds is 5. The molecule has 1 N–H and O–H groups in total. The van der Waals surface area contributed by atoms with Crippen molar-refractivity contribution in [3.05, 3.63) is 42.0 Å². The van der Waals surface area contributed by atoms with Crippen molar-refractivity contribution in [3.63, 3.8) is 0 Å². The van der Waals surface area contributed by atoms with Crippen LogP contribution in [0.25, 0.3) is 0 Å². The van der Waals surface area contributed by atoms with Gasteiger partial charge in [0.2, 0.25) is 0 Å². The summed E-state index contributed by atoms with van der Waals surface area (Å²) in [5, 5.41) is 13.3. The number of allylic oxidation sites excluding steroid dienone is 1. The number of nitrogens with zero attached hydrogens (tertiary/aromatic N) is 1. The third kappa shape index (κ3) is 3.74. The summed E-state index contributed by atoms with van der Waals surface area (Å²) in [4.78, 5) is 4.48. The van der Waals surface area contributed by atoms with Gasteiger partial charge in [0.25, 0.3) is 0 Å². The van der Waals surface area contributed by atoms with Crippen molar-refractivity contribution in [2.75, 3.05) is 14.2 Å². The molecule has 0 radical (unpaired) electrons. The first-order valence-electron chi connectivity index (χ1n) is 4.83. The van der Waals surface area contributed by atoms with Crippen molar-refractivity contribution < 1.29 is 14.7 Å². The van der Waals surface area contributed by atoms with Gasteiger partial charge in [-0.25, -0.2) is 0 Å². The lowest BCUT2D eigenvalue weighted by Gasteiger charge is -2.06. The number of aliphatic hydroxyl groups excluding tert-OH is 1. The molecule has 1 rings (SSSR count). The number of oxime groups is 1. The van der Waals surface area contributed by atoms with Crippen molar-refractivity contribution >= 4 is 6.21 Å². The molecule has 0 spiro atoms. The summed E-state index contributed by atoms with van der Waals surface area (Å²) < 4.78 is 5.02. The van der Waals surface area contributed by atoms with Crippen LogP contribution in [0.2, 0.25) is 0 Å². The van der Waals surface area contributed by atoms with Crippen LogP contribution in [0.4, 0.5) is 0 Å². The Labute approximate surface area is 94.8 Å². The van der Waals surface area contributed by atoms with Gasteiger partial charge in [-0.05, 0) is 23.8 Å². The highest BCUT2D eigenvalue weighted by atomic mass is 16.6. The molecule has 0 aliphatic heterocycles. The second-order valence-electron chi connectivity index (χ2n) is 3.04. The average molecular weight is 221 g/mol. The lowest BCUT2D eigenvalue weighted by molar-refractivity contribution is 0.215. The van der Waals surface area contributed by atoms with Gasteiger partial charge in [0.15, 0.2) is 0 Å². The Kier molecular flexibility index (Phi) is 5.08. The van der Waals surface area contributed by atoms with E-state index in [0.29, 0.717) is 0 Å². The van der Waals surface area contributed by atoms with E-state index in [1.807, 2.05) is 0 Å². The Morgan fingerprint density at radius 3 is 2.50 bits per heavy atom. The molecule has 0 fully saturated rings. The third-order valence-corrected chi connectivity index (χ3v) is 2.00. The number of methoxy groups -OCH3 is 1. The monoisotopic (exact) mass is 221 g/mol. The highest BCUT2D eigenvalue weighted by Crippen LogP contribution is 2.18. The molecule has 1 unspecified atom stereocenters. The van der Waals surface area contributed by atoms with Crippen molar-refractivity contribution in [2.45, 2.75) is 6.10 Å². The predicted octanol–water partition coefficient (Wildman–Crippen LogP) is 1.92. The van der Waals surface area contributed by atoms with Crippen LogP contribution >= 0.6 is 0 Å². The van der Waals surface area contributed by atoms with Crippen LogP contribution < -0.4 is 4.74 Å². The molecule has 0 saturated heterocycles. The largest absolute Gasteiger partial charge is 0.497 e.